The first-order valence-electron chi connectivity index (χ1n) is 7.28. The van der Waals surface area contributed by atoms with Gasteiger partial charge in [0.05, 0.1) is 0 Å². The fourth-order valence-electron chi connectivity index (χ4n) is 2.30. The molecule has 2 aliphatic carbocycles. The molecule has 0 aliphatic heterocycles. The molecule has 20 heavy (non-hydrogen) atoms. The van der Waals surface area contributed by atoms with Gasteiger partial charge in [-0.05, 0) is 37.5 Å². The molecule has 0 radical (unpaired) electrons. The van der Waals surface area contributed by atoms with Gasteiger partial charge in [-0.2, -0.15) is 0 Å². The van der Waals surface area contributed by atoms with Gasteiger partial charge in [0.2, 0.25) is 0 Å². The molecule has 2 rings (SSSR count). The maximum Gasteiger partial charge on any atom is -0.0132 e. The summed E-state index contributed by atoms with van der Waals surface area (Å²) in [5.41, 5.74) is 3.11. The van der Waals surface area contributed by atoms with E-state index in [2.05, 4.69) is 64.2 Å². The van der Waals surface area contributed by atoms with E-state index in [1.807, 2.05) is 0 Å². The first kappa shape index (κ1) is 21.3. The molecule has 0 bridgehead atoms. The molecule has 0 saturated heterocycles. The van der Waals surface area contributed by atoms with Crippen molar-refractivity contribution >= 4 is 0 Å². The predicted octanol–water partition coefficient (Wildman–Crippen LogP) is 7.11. The molecule has 0 aromatic carbocycles. The number of allylic oxidation sites excluding steroid dienone is 8. The molecule has 0 amide bonds. The van der Waals surface area contributed by atoms with Gasteiger partial charge in [0.25, 0.3) is 0 Å². The lowest BCUT2D eigenvalue weighted by atomic mass is 10.0. The highest BCUT2D eigenvalue weighted by Crippen LogP contribution is 2.18. The summed E-state index contributed by atoms with van der Waals surface area (Å²) < 4.78 is 0. The molecule has 116 valence electrons. The average molecular weight is 277 g/mol. The average Bonchev–Trinajstić information content (AvgIpc) is 2.90. The minimum atomic E-state index is 0. The lowest BCUT2D eigenvalue weighted by Crippen LogP contribution is -1.88. The highest BCUT2D eigenvalue weighted by molar-refractivity contribution is 5.26. The van der Waals surface area contributed by atoms with Crippen LogP contribution in [-0.4, -0.2) is 0 Å². The number of hydrogen-bond acceptors (Lipinski definition) is 0. The van der Waals surface area contributed by atoms with Crippen LogP contribution in [0, 0.1) is 11.8 Å². The highest BCUT2D eigenvalue weighted by Gasteiger charge is 2.01. The molecule has 0 N–H and O–H groups in total. The van der Waals surface area contributed by atoms with E-state index in [1.165, 1.54) is 24.8 Å². The fourth-order valence-corrected chi connectivity index (χ4v) is 2.30. The van der Waals surface area contributed by atoms with Crippen molar-refractivity contribution in [1.29, 1.82) is 0 Å². The summed E-state index contributed by atoms with van der Waals surface area (Å²) >= 11 is 0. The van der Waals surface area contributed by atoms with E-state index in [1.54, 1.807) is 5.57 Å². The van der Waals surface area contributed by atoms with Crippen molar-refractivity contribution in [2.75, 3.05) is 0 Å². The number of rotatable bonds is 4. The third kappa shape index (κ3) is 9.83. The molecule has 0 heteroatoms. The minimum Gasteiger partial charge on any atom is -0.0805 e. The van der Waals surface area contributed by atoms with E-state index in [-0.39, 0.29) is 14.9 Å². The molecule has 0 aromatic rings. The van der Waals surface area contributed by atoms with Crippen LogP contribution in [0.15, 0.2) is 47.6 Å². The van der Waals surface area contributed by atoms with Crippen LogP contribution in [0.1, 0.15) is 68.2 Å². The Hall–Kier alpha value is -1.04. The summed E-state index contributed by atoms with van der Waals surface area (Å²) in [7, 11) is 0. The van der Waals surface area contributed by atoms with Crippen molar-refractivity contribution in [3.05, 3.63) is 47.6 Å². The van der Waals surface area contributed by atoms with Crippen LogP contribution in [0.5, 0.6) is 0 Å². The Kier molecular flexibility index (Phi) is 12.5. The molecule has 0 atom stereocenters. The minimum absolute atomic E-state index is 0. The van der Waals surface area contributed by atoms with E-state index in [4.69, 9.17) is 0 Å². The van der Waals surface area contributed by atoms with Gasteiger partial charge in [-0.1, -0.05) is 90.2 Å². The zero-order valence-corrected chi connectivity index (χ0v) is 12.4. The SMILES string of the molecule is C.C.CC(C)CC1=CC=CC1.CC(C)CC1=CCC=C1. The van der Waals surface area contributed by atoms with Gasteiger partial charge in [0.15, 0.2) is 0 Å². The van der Waals surface area contributed by atoms with Crippen LogP contribution in [0.3, 0.4) is 0 Å². The smallest absolute Gasteiger partial charge is 0.0132 e. The monoisotopic (exact) mass is 276 g/mol. The van der Waals surface area contributed by atoms with Crippen molar-refractivity contribution in [3.63, 3.8) is 0 Å². The summed E-state index contributed by atoms with van der Waals surface area (Å²) in [6, 6.07) is 0. The number of hydrogen-bond donors (Lipinski definition) is 0. The Bertz CT molecular complexity index is 348. The van der Waals surface area contributed by atoms with E-state index in [0.29, 0.717) is 0 Å². The molecular weight excluding hydrogens is 240 g/mol. The van der Waals surface area contributed by atoms with Crippen molar-refractivity contribution < 1.29 is 0 Å². The first-order valence-corrected chi connectivity index (χ1v) is 7.28. The topological polar surface area (TPSA) is 0 Å². The van der Waals surface area contributed by atoms with E-state index >= 15 is 0 Å². The Labute approximate surface area is 128 Å². The van der Waals surface area contributed by atoms with E-state index in [0.717, 1.165) is 18.3 Å². The Morgan fingerprint density at radius 3 is 2.00 bits per heavy atom. The van der Waals surface area contributed by atoms with Crippen LogP contribution in [0.2, 0.25) is 0 Å². The van der Waals surface area contributed by atoms with Crippen molar-refractivity contribution in [2.24, 2.45) is 11.8 Å². The highest BCUT2D eigenvalue weighted by atomic mass is 14.1. The zero-order chi connectivity index (χ0) is 13.4. The van der Waals surface area contributed by atoms with Gasteiger partial charge in [-0.3, -0.25) is 0 Å². The molecule has 0 spiro atoms. The second-order valence-corrected chi connectivity index (χ2v) is 6.07. The van der Waals surface area contributed by atoms with Crippen molar-refractivity contribution in [3.8, 4) is 0 Å². The van der Waals surface area contributed by atoms with Crippen LogP contribution in [0.25, 0.3) is 0 Å². The van der Waals surface area contributed by atoms with Gasteiger partial charge < -0.3 is 0 Å². The van der Waals surface area contributed by atoms with Crippen molar-refractivity contribution in [2.45, 2.75) is 68.2 Å². The molecule has 0 heterocycles. The van der Waals surface area contributed by atoms with Gasteiger partial charge in [-0.15, -0.1) is 0 Å². The molecule has 0 unspecified atom stereocenters. The molecule has 0 saturated carbocycles. The molecule has 2 aliphatic rings. The Balaban J connectivity index is 0. The van der Waals surface area contributed by atoms with E-state index in [9.17, 15) is 0 Å². The second-order valence-electron chi connectivity index (χ2n) is 6.07. The molecule has 0 fully saturated rings. The summed E-state index contributed by atoms with van der Waals surface area (Å²) in [5.74, 6) is 1.62. The van der Waals surface area contributed by atoms with Crippen LogP contribution in [-0.2, 0) is 0 Å². The predicted molar refractivity (Wildman–Crippen MR) is 96.1 cm³/mol. The van der Waals surface area contributed by atoms with Crippen LogP contribution >= 0.6 is 0 Å². The molecule has 0 nitrogen and oxygen atoms in total. The lowest BCUT2D eigenvalue weighted by molar-refractivity contribution is 0.637. The molecular formula is C20H36. The summed E-state index contributed by atoms with van der Waals surface area (Å²) in [6.07, 6.45) is 18.2. The zero-order valence-electron chi connectivity index (χ0n) is 12.4. The first-order chi connectivity index (χ1) is 8.58. The van der Waals surface area contributed by atoms with Crippen LogP contribution in [0.4, 0.5) is 0 Å². The van der Waals surface area contributed by atoms with Crippen molar-refractivity contribution in [1.82, 2.24) is 0 Å². The third-order valence-corrected chi connectivity index (χ3v) is 3.01. The van der Waals surface area contributed by atoms with Gasteiger partial charge in [0.1, 0.15) is 0 Å². The standard InChI is InChI=1S/2C9H14.2CH4/c2*1-8(2)7-9-5-3-4-6-9;;/h3,5-6,8H,4,7H2,1-2H3;3-5,8H,6-7H2,1-2H3;2*1H4. The maximum atomic E-state index is 2.31. The normalized spacial score (nSPS) is 15.3. The Morgan fingerprint density at radius 1 is 0.950 bits per heavy atom. The second kappa shape index (κ2) is 11.8. The van der Waals surface area contributed by atoms with Crippen LogP contribution < -0.4 is 0 Å². The van der Waals surface area contributed by atoms with Gasteiger partial charge >= 0.3 is 0 Å². The third-order valence-electron chi connectivity index (χ3n) is 3.01. The summed E-state index contributed by atoms with van der Waals surface area (Å²) in [5, 5.41) is 0. The lowest BCUT2D eigenvalue weighted by Gasteiger charge is -2.03. The quantitative estimate of drug-likeness (QED) is 0.513. The van der Waals surface area contributed by atoms with Gasteiger partial charge in [0, 0.05) is 0 Å². The fraction of sp³-hybridized carbons (Fsp3) is 0.600. The van der Waals surface area contributed by atoms with Gasteiger partial charge in [-0.25, -0.2) is 0 Å². The largest absolute Gasteiger partial charge is 0.0805 e. The summed E-state index contributed by atoms with van der Waals surface area (Å²) in [4.78, 5) is 0. The van der Waals surface area contributed by atoms with E-state index < -0.39 is 0 Å². The maximum absolute atomic E-state index is 2.31. The Morgan fingerprint density at radius 2 is 1.60 bits per heavy atom. The molecule has 0 aromatic heterocycles. The summed E-state index contributed by atoms with van der Waals surface area (Å²) in [6.45, 7) is 9.04.